The monoisotopic (exact) mass is 411 g/mol. The van der Waals surface area contributed by atoms with Crippen LogP contribution in [0.5, 0.6) is 5.75 Å². The molecule has 2 heterocycles. The highest BCUT2D eigenvalue weighted by molar-refractivity contribution is 6.25. The number of nitrogens with zero attached hydrogens (tertiary/aromatic N) is 4. The zero-order valence-electron chi connectivity index (χ0n) is 16.0. The number of hydrogen-bond acceptors (Lipinski definition) is 7. The Kier molecular flexibility index (Phi) is 5.13. The van der Waals surface area contributed by atoms with E-state index >= 15 is 0 Å². The summed E-state index contributed by atoms with van der Waals surface area (Å²) < 4.78 is 18.6. The highest BCUT2D eigenvalue weighted by Crippen LogP contribution is 2.32. The largest absolute Gasteiger partial charge is 0.494 e. The average molecular weight is 411 g/mol. The van der Waals surface area contributed by atoms with Crippen molar-refractivity contribution >= 4 is 29.1 Å². The van der Waals surface area contributed by atoms with Crippen molar-refractivity contribution in [2.75, 3.05) is 23.4 Å². The van der Waals surface area contributed by atoms with Crippen LogP contribution in [0.3, 0.4) is 0 Å². The Labute approximate surface area is 171 Å². The van der Waals surface area contributed by atoms with Crippen molar-refractivity contribution < 1.29 is 23.5 Å². The SMILES string of the molecule is CCOc1ccc(N2C(=O)C3N=NN(CC(=O)Nc4cccc(F)c4)C3C2=O)cc1. The van der Waals surface area contributed by atoms with Crippen LogP contribution in [-0.4, -0.2) is 48.0 Å². The summed E-state index contributed by atoms with van der Waals surface area (Å²) in [6.07, 6.45) is 0. The zero-order chi connectivity index (χ0) is 21.3. The Bertz CT molecular complexity index is 1030. The van der Waals surface area contributed by atoms with E-state index in [9.17, 15) is 18.8 Å². The van der Waals surface area contributed by atoms with Gasteiger partial charge in [-0.2, -0.15) is 5.11 Å². The molecule has 0 aliphatic carbocycles. The van der Waals surface area contributed by atoms with Crippen LogP contribution >= 0.6 is 0 Å². The number of imide groups is 1. The van der Waals surface area contributed by atoms with Gasteiger partial charge in [0.05, 0.1) is 12.3 Å². The van der Waals surface area contributed by atoms with Crippen molar-refractivity contribution in [1.82, 2.24) is 5.01 Å². The van der Waals surface area contributed by atoms with Gasteiger partial charge in [-0.05, 0) is 49.4 Å². The molecule has 2 aromatic carbocycles. The maximum absolute atomic E-state index is 13.3. The van der Waals surface area contributed by atoms with Crippen molar-refractivity contribution in [3.05, 3.63) is 54.3 Å². The molecule has 30 heavy (non-hydrogen) atoms. The van der Waals surface area contributed by atoms with Crippen LogP contribution in [-0.2, 0) is 14.4 Å². The molecule has 1 fully saturated rings. The maximum atomic E-state index is 13.3. The number of ether oxygens (including phenoxy) is 1. The first-order valence-corrected chi connectivity index (χ1v) is 9.31. The number of carbonyl (C=O) groups excluding carboxylic acids is 3. The summed E-state index contributed by atoms with van der Waals surface area (Å²) in [5.74, 6) is -1.41. The van der Waals surface area contributed by atoms with E-state index in [1.165, 1.54) is 29.3 Å². The molecule has 2 aliphatic rings. The minimum absolute atomic E-state index is 0.275. The molecular weight excluding hydrogens is 393 g/mol. The summed E-state index contributed by atoms with van der Waals surface area (Å²) in [6, 6.07) is 9.97. The molecule has 3 amide bonds. The molecule has 1 saturated heterocycles. The lowest BCUT2D eigenvalue weighted by Crippen LogP contribution is -2.43. The Morgan fingerprint density at radius 2 is 1.93 bits per heavy atom. The molecule has 0 radical (unpaired) electrons. The normalized spacial score (nSPS) is 19.9. The molecule has 9 nitrogen and oxygen atoms in total. The predicted octanol–water partition coefficient (Wildman–Crippen LogP) is 2.16. The van der Waals surface area contributed by atoms with Gasteiger partial charge in [-0.1, -0.05) is 11.3 Å². The standard InChI is InChI=1S/C20H18FN5O4/c1-2-30-15-8-6-14(7-9-15)26-19(28)17-18(20(26)29)25(24-23-17)11-16(27)22-13-5-3-4-12(21)10-13/h3-10,17-18H,2,11H2,1H3,(H,22,27). The summed E-state index contributed by atoms with van der Waals surface area (Å²) in [7, 11) is 0. The first-order valence-electron chi connectivity index (χ1n) is 9.31. The van der Waals surface area contributed by atoms with Gasteiger partial charge < -0.3 is 10.1 Å². The molecule has 4 rings (SSSR count). The molecular formula is C20H18FN5O4. The van der Waals surface area contributed by atoms with Crippen LogP contribution < -0.4 is 15.0 Å². The van der Waals surface area contributed by atoms with Crippen molar-refractivity contribution in [3.63, 3.8) is 0 Å². The number of carbonyl (C=O) groups is 3. The van der Waals surface area contributed by atoms with E-state index in [1.807, 2.05) is 6.92 Å². The van der Waals surface area contributed by atoms with Crippen LogP contribution in [0.1, 0.15) is 6.92 Å². The van der Waals surface area contributed by atoms with Gasteiger partial charge in [0.15, 0.2) is 12.1 Å². The third-order valence-electron chi connectivity index (χ3n) is 4.68. The number of hydrogen-bond donors (Lipinski definition) is 1. The Hall–Kier alpha value is -3.82. The average Bonchev–Trinajstić information content (AvgIpc) is 3.23. The molecule has 154 valence electrons. The number of anilines is 2. The fourth-order valence-corrected chi connectivity index (χ4v) is 3.38. The lowest BCUT2D eigenvalue weighted by atomic mass is 10.1. The van der Waals surface area contributed by atoms with E-state index in [1.54, 1.807) is 24.3 Å². The first kappa shape index (κ1) is 19.5. The Morgan fingerprint density at radius 3 is 2.63 bits per heavy atom. The summed E-state index contributed by atoms with van der Waals surface area (Å²) >= 11 is 0. The van der Waals surface area contributed by atoms with E-state index in [2.05, 4.69) is 15.7 Å². The van der Waals surface area contributed by atoms with Gasteiger partial charge in [0.2, 0.25) is 5.91 Å². The van der Waals surface area contributed by atoms with Crippen LogP contribution in [0.4, 0.5) is 15.8 Å². The molecule has 0 saturated carbocycles. The summed E-state index contributed by atoms with van der Waals surface area (Å²) in [5, 5.41) is 11.4. The quantitative estimate of drug-likeness (QED) is 0.734. The van der Waals surface area contributed by atoms with Crippen LogP contribution in [0.15, 0.2) is 58.9 Å². The zero-order valence-corrected chi connectivity index (χ0v) is 16.0. The molecule has 0 spiro atoms. The van der Waals surface area contributed by atoms with Crippen molar-refractivity contribution in [2.45, 2.75) is 19.0 Å². The molecule has 2 aromatic rings. The second kappa shape index (κ2) is 7.90. The lowest BCUT2D eigenvalue weighted by Gasteiger charge is -2.20. The smallest absolute Gasteiger partial charge is 0.263 e. The highest BCUT2D eigenvalue weighted by Gasteiger charge is 2.55. The van der Waals surface area contributed by atoms with Crippen LogP contribution in [0, 0.1) is 5.82 Å². The maximum Gasteiger partial charge on any atom is 0.263 e. The van der Waals surface area contributed by atoms with Gasteiger partial charge in [0.25, 0.3) is 11.8 Å². The number of rotatable bonds is 6. The molecule has 0 bridgehead atoms. The molecule has 2 atom stereocenters. The van der Waals surface area contributed by atoms with Gasteiger partial charge in [0, 0.05) is 5.69 Å². The van der Waals surface area contributed by atoms with Crippen molar-refractivity contribution in [2.24, 2.45) is 10.3 Å². The summed E-state index contributed by atoms with van der Waals surface area (Å²) in [4.78, 5) is 39.0. The third kappa shape index (κ3) is 3.59. The van der Waals surface area contributed by atoms with Crippen molar-refractivity contribution in [1.29, 1.82) is 0 Å². The summed E-state index contributed by atoms with van der Waals surface area (Å²) in [5.41, 5.74) is 0.666. The molecule has 1 N–H and O–H groups in total. The fourth-order valence-electron chi connectivity index (χ4n) is 3.38. The first-order chi connectivity index (χ1) is 14.5. The van der Waals surface area contributed by atoms with Gasteiger partial charge in [-0.3, -0.25) is 19.4 Å². The molecule has 2 aliphatic heterocycles. The highest BCUT2D eigenvalue weighted by atomic mass is 19.1. The fraction of sp³-hybridized carbons (Fsp3) is 0.250. The van der Waals surface area contributed by atoms with Gasteiger partial charge in [0.1, 0.15) is 18.1 Å². The molecule has 2 unspecified atom stereocenters. The molecule has 0 aromatic heterocycles. The van der Waals surface area contributed by atoms with Crippen molar-refractivity contribution in [3.8, 4) is 5.75 Å². The Morgan fingerprint density at radius 1 is 1.17 bits per heavy atom. The van der Waals surface area contributed by atoms with E-state index in [0.717, 1.165) is 4.90 Å². The predicted molar refractivity (Wildman–Crippen MR) is 104 cm³/mol. The third-order valence-corrected chi connectivity index (χ3v) is 4.68. The van der Waals surface area contributed by atoms with E-state index in [4.69, 9.17) is 4.74 Å². The number of fused-ring (bicyclic) bond motifs is 1. The molecule has 10 heteroatoms. The minimum atomic E-state index is -1.01. The number of nitrogens with one attached hydrogen (secondary N) is 1. The van der Waals surface area contributed by atoms with Gasteiger partial charge in [-0.25, -0.2) is 9.29 Å². The van der Waals surface area contributed by atoms with Gasteiger partial charge >= 0.3 is 0 Å². The Balaban J connectivity index is 1.46. The van der Waals surface area contributed by atoms with E-state index in [0.29, 0.717) is 18.0 Å². The topological polar surface area (TPSA) is 104 Å². The van der Waals surface area contributed by atoms with E-state index in [-0.39, 0.29) is 12.2 Å². The van der Waals surface area contributed by atoms with Crippen LogP contribution in [0.2, 0.25) is 0 Å². The second-order valence-electron chi connectivity index (χ2n) is 6.69. The lowest BCUT2D eigenvalue weighted by molar-refractivity contribution is -0.123. The van der Waals surface area contributed by atoms with Gasteiger partial charge in [-0.15, -0.1) is 0 Å². The summed E-state index contributed by atoms with van der Waals surface area (Å²) in [6.45, 7) is 2.04. The van der Waals surface area contributed by atoms with Crippen LogP contribution in [0.25, 0.3) is 0 Å². The number of amides is 3. The second-order valence-corrected chi connectivity index (χ2v) is 6.69. The number of benzene rings is 2. The minimum Gasteiger partial charge on any atom is -0.494 e. The van der Waals surface area contributed by atoms with E-state index < -0.39 is 35.6 Å². The number of halogens is 1.